The van der Waals surface area contributed by atoms with E-state index in [-0.39, 0.29) is 0 Å². The number of carboxylic acids is 1. The monoisotopic (exact) mass is 261 g/mol. The van der Waals surface area contributed by atoms with E-state index in [9.17, 15) is 9.90 Å². The summed E-state index contributed by atoms with van der Waals surface area (Å²) in [6.07, 6.45) is 0. The largest absolute Gasteiger partial charge is 0.497 e. The van der Waals surface area contributed by atoms with Crippen molar-refractivity contribution in [2.24, 2.45) is 7.05 Å². The van der Waals surface area contributed by atoms with Gasteiger partial charge in [-0.15, -0.1) is 0 Å². The molecule has 0 saturated carbocycles. The molecular weight excluding hydrogens is 242 g/mol. The maximum absolute atomic E-state index is 11.5. The lowest BCUT2D eigenvalue weighted by Gasteiger charge is -2.20. The number of hydrogen-bond acceptors (Lipinski definition) is 2. The SMILES string of the molecule is COc1ccc2c(C(C)(C)C(=O)O)c(C)n(C)c2c1. The Morgan fingerprint density at radius 2 is 2.00 bits per heavy atom. The fraction of sp³-hybridized carbons (Fsp3) is 0.400. The van der Waals surface area contributed by atoms with Crippen LogP contribution in [0.25, 0.3) is 10.9 Å². The molecule has 0 aliphatic rings. The third-order valence-electron chi connectivity index (χ3n) is 3.86. The van der Waals surface area contributed by atoms with Gasteiger partial charge in [0.05, 0.1) is 18.0 Å². The summed E-state index contributed by atoms with van der Waals surface area (Å²) < 4.78 is 7.24. The van der Waals surface area contributed by atoms with E-state index in [0.717, 1.165) is 27.9 Å². The molecule has 4 heteroatoms. The number of ether oxygens (including phenoxy) is 1. The van der Waals surface area contributed by atoms with Gasteiger partial charge in [-0.1, -0.05) is 0 Å². The maximum atomic E-state index is 11.5. The smallest absolute Gasteiger partial charge is 0.313 e. The molecule has 4 nitrogen and oxygen atoms in total. The molecule has 0 atom stereocenters. The van der Waals surface area contributed by atoms with Crippen LogP contribution in [0.1, 0.15) is 25.1 Å². The minimum atomic E-state index is -0.918. The van der Waals surface area contributed by atoms with Crippen LogP contribution in [-0.4, -0.2) is 22.8 Å². The fourth-order valence-electron chi connectivity index (χ4n) is 2.57. The molecule has 1 aromatic heterocycles. The van der Waals surface area contributed by atoms with Gasteiger partial charge in [-0.25, -0.2) is 0 Å². The van der Waals surface area contributed by atoms with Crippen LogP contribution in [0.15, 0.2) is 18.2 Å². The summed E-state index contributed by atoms with van der Waals surface area (Å²) in [5.41, 5.74) is 1.90. The first kappa shape index (κ1) is 13.5. The number of benzene rings is 1. The Bertz CT molecular complexity index is 653. The number of aryl methyl sites for hydroxylation is 1. The van der Waals surface area contributed by atoms with Crippen molar-refractivity contribution < 1.29 is 14.6 Å². The number of hydrogen-bond donors (Lipinski definition) is 1. The minimum absolute atomic E-state index is 0.771. The van der Waals surface area contributed by atoms with Gasteiger partial charge < -0.3 is 14.4 Å². The summed E-state index contributed by atoms with van der Waals surface area (Å²) in [5.74, 6) is -0.0494. The Morgan fingerprint density at radius 3 is 2.53 bits per heavy atom. The molecule has 1 N–H and O–H groups in total. The number of fused-ring (bicyclic) bond motifs is 1. The fourth-order valence-corrected chi connectivity index (χ4v) is 2.57. The van der Waals surface area contributed by atoms with Crippen LogP contribution in [0.5, 0.6) is 5.75 Å². The van der Waals surface area contributed by atoms with Gasteiger partial charge in [0.2, 0.25) is 0 Å². The van der Waals surface area contributed by atoms with Crippen molar-refractivity contribution in [3.8, 4) is 5.75 Å². The molecular formula is C15H19NO3. The van der Waals surface area contributed by atoms with E-state index in [1.54, 1.807) is 21.0 Å². The highest BCUT2D eigenvalue weighted by Crippen LogP contribution is 2.36. The molecule has 2 rings (SSSR count). The summed E-state index contributed by atoms with van der Waals surface area (Å²) in [4.78, 5) is 11.5. The number of rotatable bonds is 3. The number of nitrogens with zero attached hydrogens (tertiary/aromatic N) is 1. The first-order valence-electron chi connectivity index (χ1n) is 6.17. The number of carbonyl (C=O) groups is 1. The van der Waals surface area contributed by atoms with Gasteiger partial charge in [0, 0.05) is 24.2 Å². The van der Waals surface area contributed by atoms with Gasteiger partial charge in [0.25, 0.3) is 0 Å². The highest BCUT2D eigenvalue weighted by molar-refractivity contribution is 5.93. The molecule has 0 amide bonds. The van der Waals surface area contributed by atoms with Crippen molar-refractivity contribution in [3.05, 3.63) is 29.5 Å². The molecule has 102 valence electrons. The molecule has 0 aliphatic heterocycles. The van der Waals surface area contributed by atoms with E-state index < -0.39 is 11.4 Å². The van der Waals surface area contributed by atoms with E-state index in [1.807, 2.05) is 36.7 Å². The summed E-state index contributed by atoms with van der Waals surface area (Å²) >= 11 is 0. The van der Waals surface area contributed by atoms with Crippen LogP contribution in [0, 0.1) is 6.92 Å². The van der Waals surface area contributed by atoms with Gasteiger partial charge in [-0.2, -0.15) is 0 Å². The number of aliphatic carboxylic acids is 1. The first-order valence-corrected chi connectivity index (χ1v) is 6.17. The number of carboxylic acid groups (broad SMARTS) is 1. The van der Waals surface area contributed by atoms with Crippen LogP contribution in [-0.2, 0) is 17.3 Å². The second kappa shape index (κ2) is 4.30. The average Bonchev–Trinajstić information content (AvgIpc) is 2.61. The van der Waals surface area contributed by atoms with Crippen LogP contribution >= 0.6 is 0 Å². The zero-order valence-corrected chi connectivity index (χ0v) is 11.9. The van der Waals surface area contributed by atoms with Gasteiger partial charge >= 0.3 is 5.97 Å². The standard InChI is InChI=1S/C15H19NO3/c1-9-13(15(2,3)14(17)18)11-7-6-10(19-5)8-12(11)16(9)4/h6-8H,1-5H3,(H,17,18). The summed E-state index contributed by atoms with van der Waals surface area (Å²) in [5, 5.41) is 10.4. The quantitative estimate of drug-likeness (QED) is 0.924. The van der Waals surface area contributed by atoms with Crippen LogP contribution < -0.4 is 4.74 Å². The van der Waals surface area contributed by atoms with Crippen LogP contribution in [0.3, 0.4) is 0 Å². The Morgan fingerprint density at radius 1 is 1.37 bits per heavy atom. The molecule has 0 unspecified atom stereocenters. The number of methoxy groups -OCH3 is 1. The van der Waals surface area contributed by atoms with E-state index in [0.29, 0.717) is 0 Å². The Labute approximate surface area is 112 Å². The van der Waals surface area contributed by atoms with Crippen molar-refractivity contribution in [2.45, 2.75) is 26.2 Å². The van der Waals surface area contributed by atoms with E-state index in [4.69, 9.17) is 4.74 Å². The lowest BCUT2D eigenvalue weighted by atomic mass is 9.83. The zero-order chi connectivity index (χ0) is 14.4. The highest BCUT2D eigenvalue weighted by Gasteiger charge is 2.34. The van der Waals surface area contributed by atoms with Crippen molar-refractivity contribution >= 4 is 16.9 Å². The van der Waals surface area contributed by atoms with Gasteiger partial charge in [-0.3, -0.25) is 4.79 Å². The Balaban J connectivity index is 2.83. The number of aromatic nitrogens is 1. The Hall–Kier alpha value is -1.97. The zero-order valence-electron chi connectivity index (χ0n) is 11.9. The predicted molar refractivity (Wildman–Crippen MR) is 74.9 cm³/mol. The molecule has 0 aliphatic carbocycles. The lowest BCUT2D eigenvalue weighted by Crippen LogP contribution is -2.29. The lowest BCUT2D eigenvalue weighted by molar-refractivity contribution is -0.142. The average molecular weight is 261 g/mol. The second-order valence-corrected chi connectivity index (χ2v) is 5.33. The van der Waals surface area contributed by atoms with Crippen molar-refractivity contribution in [1.82, 2.24) is 4.57 Å². The normalized spacial score (nSPS) is 11.8. The minimum Gasteiger partial charge on any atom is -0.497 e. The third-order valence-corrected chi connectivity index (χ3v) is 3.86. The van der Waals surface area contributed by atoms with E-state index >= 15 is 0 Å². The van der Waals surface area contributed by atoms with E-state index in [2.05, 4.69) is 0 Å². The van der Waals surface area contributed by atoms with Crippen LogP contribution in [0.4, 0.5) is 0 Å². The predicted octanol–water partition coefficient (Wildman–Crippen LogP) is 2.86. The van der Waals surface area contributed by atoms with E-state index in [1.165, 1.54) is 0 Å². The third kappa shape index (κ3) is 1.87. The van der Waals surface area contributed by atoms with Crippen molar-refractivity contribution in [2.75, 3.05) is 7.11 Å². The Kier molecular flexibility index (Phi) is 3.04. The second-order valence-electron chi connectivity index (χ2n) is 5.33. The van der Waals surface area contributed by atoms with Gasteiger partial charge in [0.1, 0.15) is 5.75 Å². The molecule has 2 aromatic rings. The maximum Gasteiger partial charge on any atom is 0.313 e. The van der Waals surface area contributed by atoms with Crippen molar-refractivity contribution in [1.29, 1.82) is 0 Å². The van der Waals surface area contributed by atoms with Gasteiger partial charge in [0.15, 0.2) is 0 Å². The summed E-state index contributed by atoms with van der Waals surface area (Å²) in [6, 6.07) is 5.73. The van der Waals surface area contributed by atoms with Crippen molar-refractivity contribution in [3.63, 3.8) is 0 Å². The van der Waals surface area contributed by atoms with Gasteiger partial charge in [-0.05, 0) is 38.5 Å². The molecule has 0 bridgehead atoms. The molecule has 1 aromatic carbocycles. The molecule has 0 spiro atoms. The molecule has 0 fully saturated rings. The molecule has 0 radical (unpaired) electrons. The first-order chi connectivity index (χ1) is 8.80. The molecule has 0 saturated heterocycles. The summed E-state index contributed by atoms with van der Waals surface area (Å²) in [6.45, 7) is 5.43. The topological polar surface area (TPSA) is 51.5 Å². The highest BCUT2D eigenvalue weighted by atomic mass is 16.5. The molecule has 19 heavy (non-hydrogen) atoms. The summed E-state index contributed by atoms with van der Waals surface area (Å²) in [7, 11) is 3.57. The van der Waals surface area contributed by atoms with Crippen LogP contribution in [0.2, 0.25) is 0 Å². The molecule has 1 heterocycles.